The molecular formula is C16H19F2NO3. The molecule has 1 aliphatic carbocycles. The molecule has 0 saturated heterocycles. The summed E-state index contributed by atoms with van der Waals surface area (Å²) in [4.78, 5) is 24.1. The monoisotopic (exact) mass is 311 g/mol. The van der Waals surface area contributed by atoms with Gasteiger partial charge in [-0.25, -0.2) is 13.6 Å². The molecule has 1 fully saturated rings. The molecule has 0 unspecified atom stereocenters. The zero-order valence-electron chi connectivity index (χ0n) is 12.4. The summed E-state index contributed by atoms with van der Waals surface area (Å²) >= 11 is 0. The van der Waals surface area contributed by atoms with Gasteiger partial charge in [-0.3, -0.25) is 4.79 Å². The van der Waals surface area contributed by atoms with Crippen molar-refractivity contribution < 1.29 is 23.1 Å². The van der Waals surface area contributed by atoms with Gasteiger partial charge in [0.05, 0.1) is 7.11 Å². The Morgan fingerprint density at radius 1 is 1.18 bits per heavy atom. The molecule has 6 heteroatoms. The number of nitrogens with one attached hydrogen (secondary N) is 1. The Bertz CT molecular complexity index is 556. The van der Waals surface area contributed by atoms with E-state index in [0.717, 1.165) is 44.2 Å². The van der Waals surface area contributed by atoms with Gasteiger partial charge in [-0.05, 0) is 37.0 Å². The van der Waals surface area contributed by atoms with E-state index in [9.17, 15) is 18.4 Å². The maximum absolute atomic E-state index is 13.2. The minimum atomic E-state index is -1.10. The number of carbonyl (C=O) groups is 2. The Balaban J connectivity index is 2.13. The van der Waals surface area contributed by atoms with Crippen molar-refractivity contribution in [3.63, 3.8) is 0 Å². The van der Waals surface area contributed by atoms with Crippen molar-refractivity contribution in [2.75, 3.05) is 7.11 Å². The average molecular weight is 311 g/mol. The van der Waals surface area contributed by atoms with Gasteiger partial charge in [-0.15, -0.1) is 0 Å². The van der Waals surface area contributed by atoms with E-state index in [4.69, 9.17) is 4.74 Å². The average Bonchev–Trinajstić information content (AvgIpc) is 2.55. The zero-order chi connectivity index (χ0) is 16.1. The zero-order valence-corrected chi connectivity index (χ0v) is 12.4. The van der Waals surface area contributed by atoms with Crippen LogP contribution in [0.1, 0.15) is 42.5 Å². The van der Waals surface area contributed by atoms with Gasteiger partial charge in [0.25, 0.3) is 5.91 Å². The fourth-order valence-electron chi connectivity index (χ4n) is 2.83. The summed E-state index contributed by atoms with van der Waals surface area (Å²) in [6.07, 6.45) is 4.77. The van der Waals surface area contributed by atoms with E-state index in [0.29, 0.717) is 0 Å². The molecule has 0 heterocycles. The lowest BCUT2D eigenvalue weighted by Crippen LogP contribution is -2.47. The van der Waals surface area contributed by atoms with Crippen molar-refractivity contribution in [2.45, 2.75) is 38.1 Å². The minimum absolute atomic E-state index is 0.00967. The number of carbonyl (C=O) groups excluding carboxylic acids is 2. The van der Waals surface area contributed by atoms with Crippen LogP contribution >= 0.6 is 0 Å². The summed E-state index contributed by atoms with van der Waals surface area (Å²) in [7, 11) is 1.27. The molecule has 1 aromatic carbocycles. The summed E-state index contributed by atoms with van der Waals surface area (Å²) in [6, 6.07) is 2.13. The lowest BCUT2D eigenvalue weighted by molar-refractivity contribution is -0.144. The number of hydrogen-bond donors (Lipinski definition) is 1. The lowest BCUT2D eigenvalue weighted by Gasteiger charge is -2.29. The van der Waals surface area contributed by atoms with E-state index in [1.807, 2.05) is 0 Å². The molecule has 1 aliphatic rings. The highest BCUT2D eigenvalue weighted by molar-refractivity contribution is 5.96. The largest absolute Gasteiger partial charge is 0.467 e. The Kier molecular flexibility index (Phi) is 5.46. The topological polar surface area (TPSA) is 55.4 Å². The van der Waals surface area contributed by atoms with Gasteiger partial charge in [0.2, 0.25) is 0 Å². The minimum Gasteiger partial charge on any atom is -0.467 e. The molecule has 1 N–H and O–H groups in total. The normalized spacial score (nSPS) is 16.9. The molecular weight excluding hydrogens is 292 g/mol. The first-order chi connectivity index (χ1) is 10.5. The van der Waals surface area contributed by atoms with Crippen molar-refractivity contribution in [1.29, 1.82) is 0 Å². The number of hydrogen-bond acceptors (Lipinski definition) is 3. The van der Waals surface area contributed by atoms with Crippen LogP contribution in [0, 0.1) is 17.6 Å². The first-order valence-corrected chi connectivity index (χ1v) is 7.36. The van der Waals surface area contributed by atoms with Crippen LogP contribution in [0.25, 0.3) is 0 Å². The Morgan fingerprint density at radius 2 is 1.86 bits per heavy atom. The second-order valence-electron chi connectivity index (χ2n) is 5.50. The van der Waals surface area contributed by atoms with E-state index in [-0.39, 0.29) is 11.5 Å². The highest BCUT2D eigenvalue weighted by Crippen LogP contribution is 2.27. The van der Waals surface area contributed by atoms with Gasteiger partial charge in [-0.1, -0.05) is 19.3 Å². The van der Waals surface area contributed by atoms with Crippen LogP contribution in [-0.4, -0.2) is 25.0 Å². The SMILES string of the molecule is COC(=O)[C@@H](NC(=O)c1ccc(F)c(F)c1)C1CCCCC1. The quantitative estimate of drug-likeness (QED) is 0.870. The van der Waals surface area contributed by atoms with Crippen molar-refractivity contribution in [3.05, 3.63) is 35.4 Å². The molecule has 0 spiro atoms. The highest BCUT2D eigenvalue weighted by atomic mass is 19.2. The molecule has 1 amide bonds. The van der Waals surface area contributed by atoms with Crippen molar-refractivity contribution in [3.8, 4) is 0 Å². The molecule has 0 aliphatic heterocycles. The van der Waals surface area contributed by atoms with Crippen LogP contribution in [0.15, 0.2) is 18.2 Å². The van der Waals surface area contributed by atoms with E-state index >= 15 is 0 Å². The highest BCUT2D eigenvalue weighted by Gasteiger charge is 2.32. The van der Waals surface area contributed by atoms with E-state index in [1.165, 1.54) is 13.2 Å². The molecule has 0 aromatic heterocycles. The summed E-state index contributed by atoms with van der Waals surface area (Å²) < 4.78 is 30.9. The molecule has 4 nitrogen and oxygen atoms in total. The van der Waals surface area contributed by atoms with Crippen molar-refractivity contribution in [1.82, 2.24) is 5.32 Å². The Morgan fingerprint density at radius 3 is 2.45 bits per heavy atom. The standard InChI is InChI=1S/C16H19F2NO3/c1-22-16(21)14(10-5-3-2-4-6-10)19-15(20)11-7-8-12(17)13(18)9-11/h7-10,14H,2-6H2,1H3,(H,19,20)/t14-/m0/s1. The van der Waals surface area contributed by atoms with E-state index < -0.39 is 29.6 Å². The first-order valence-electron chi connectivity index (χ1n) is 7.36. The smallest absolute Gasteiger partial charge is 0.328 e. The fraction of sp³-hybridized carbons (Fsp3) is 0.500. The number of benzene rings is 1. The van der Waals surface area contributed by atoms with Gasteiger partial charge in [-0.2, -0.15) is 0 Å². The number of halogens is 2. The lowest BCUT2D eigenvalue weighted by atomic mass is 9.83. The molecule has 1 aromatic rings. The van der Waals surface area contributed by atoms with Crippen LogP contribution in [0.5, 0.6) is 0 Å². The second-order valence-corrected chi connectivity index (χ2v) is 5.50. The fourth-order valence-corrected chi connectivity index (χ4v) is 2.83. The maximum Gasteiger partial charge on any atom is 0.328 e. The molecule has 1 saturated carbocycles. The van der Waals surface area contributed by atoms with Gasteiger partial charge in [0.1, 0.15) is 6.04 Å². The van der Waals surface area contributed by atoms with Gasteiger partial charge in [0.15, 0.2) is 11.6 Å². The van der Waals surface area contributed by atoms with Gasteiger partial charge >= 0.3 is 5.97 Å². The number of amides is 1. The molecule has 1 atom stereocenters. The predicted molar refractivity (Wildman–Crippen MR) is 76.2 cm³/mol. The summed E-state index contributed by atoms with van der Waals surface area (Å²) in [5.74, 6) is -3.23. The summed E-state index contributed by atoms with van der Waals surface area (Å²) in [6.45, 7) is 0. The maximum atomic E-state index is 13.2. The molecule has 22 heavy (non-hydrogen) atoms. The molecule has 120 valence electrons. The van der Waals surface area contributed by atoms with Crippen LogP contribution in [-0.2, 0) is 9.53 Å². The molecule has 0 bridgehead atoms. The Labute approximate surface area is 127 Å². The molecule has 0 radical (unpaired) electrons. The number of rotatable bonds is 4. The second kappa shape index (κ2) is 7.33. The van der Waals surface area contributed by atoms with Crippen LogP contribution < -0.4 is 5.32 Å². The Hall–Kier alpha value is -1.98. The predicted octanol–water partition coefficient (Wildman–Crippen LogP) is 2.82. The van der Waals surface area contributed by atoms with E-state index in [1.54, 1.807) is 0 Å². The third-order valence-corrected chi connectivity index (χ3v) is 4.04. The number of methoxy groups -OCH3 is 1. The van der Waals surface area contributed by atoms with Crippen LogP contribution in [0.4, 0.5) is 8.78 Å². The van der Waals surface area contributed by atoms with Crippen molar-refractivity contribution >= 4 is 11.9 Å². The van der Waals surface area contributed by atoms with Gasteiger partial charge in [0, 0.05) is 5.56 Å². The van der Waals surface area contributed by atoms with Crippen LogP contribution in [0.2, 0.25) is 0 Å². The number of esters is 1. The van der Waals surface area contributed by atoms with Gasteiger partial charge < -0.3 is 10.1 Å². The first kappa shape index (κ1) is 16.4. The number of ether oxygens (including phenoxy) is 1. The van der Waals surface area contributed by atoms with Crippen LogP contribution in [0.3, 0.4) is 0 Å². The third-order valence-electron chi connectivity index (χ3n) is 4.04. The molecule has 2 rings (SSSR count). The van der Waals surface area contributed by atoms with Crippen molar-refractivity contribution in [2.24, 2.45) is 5.92 Å². The van der Waals surface area contributed by atoms with E-state index in [2.05, 4.69) is 5.32 Å². The summed E-state index contributed by atoms with van der Waals surface area (Å²) in [5.41, 5.74) is -0.0244. The third kappa shape index (κ3) is 3.81. The summed E-state index contributed by atoms with van der Waals surface area (Å²) in [5, 5.41) is 2.60.